The van der Waals surface area contributed by atoms with Crippen LogP contribution in [0.15, 0.2) is 33.8 Å². The summed E-state index contributed by atoms with van der Waals surface area (Å²) in [4.78, 5) is 12.4. The normalized spacial score (nSPS) is 28.3. The second-order valence-corrected chi connectivity index (χ2v) is 7.44. The van der Waals surface area contributed by atoms with Gasteiger partial charge >= 0.3 is 0 Å². The summed E-state index contributed by atoms with van der Waals surface area (Å²) in [6.45, 7) is 1.93. The lowest BCUT2D eigenvalue weighted by Gasteiger charge is -2.04. The highest BCUT2D eigenvalue weighted by Crippen LogP contribution is 2.53. The van der Waals surface area contributed by atoms with E-state index in [2.05, 4.69) is 26.5 Å². The molecule has 3 rings (SSSR count). The topological polar surface area (TPSA) is 41.5 Å². The van der Waals surface area contributed by atoms with Crippen molar-refractivity contribution in [3.8, 4) is 0 Å². The van der Waals surface area contributed by atoms with E-state index in [1.165, 1.54) is 38.5 Å². The quantitative estimate of drug-likeness (QED) is 0.623. The molecule has 0 aliphatic heterocycles. The summed E-state index contributed by atoms with van der Waals surface area (Å²) in [6, 6.07) is 7.97. The van der Waals surface area contributed by atoms with Gasteiger partial charge in [-0.05, 0) is 49.3 Å². The van der Waals surface area contributed by atoms with E-state index in [0.717, 1.165) is 15.7 Å². The van der Waals surface area contributed by atoms with Crippen LogP contribution in [0.2, 0.25) is 0 Å². The largest absolute Gasteiger partial charge is 0.273 e. The van der Waals surface area contributed by atoms with Gasteiger partial charge in [-0.15, -0.1) is 0 Å². The van der Waals surface area contributed by atoms with Crippen LogP contribution >= 0.6 is 15.9 Å². The van der Waals surface area contributed by atoms with Crippen molar-refractivity contribution in [1.82, 2.24) is 5.43 Å². The Labute approximate surface area is 140 Å². The van der Waals surface area contributed by atoms with Crippen molar-refractivity contribution in [3.05, 3.63) is 34.3 Å². The average molecular weight is 363 g/mol. The molecule has 4 heteroatoms. The Hall–Kier alpha value is -1.16. The minimum Gasteiger partial charge on any atom is -0.273 e. The molecule has 1 amide bonds. The SMILES string of the molecule is C/C(=N\NC(=O)C1C2CCCCCCC21)c1ccc(Br)cc1. The second-order valence-electron chi connectivity index (χ2n) is 6.53. The Bertz CT molecular complexity index is 553. The molecule has 3 nitrogen and oxygen atoms in total. The third kappa shape index (κ3) is 3.60. The number of hydrogen-bond acceptors (Lipinski definition) is 2. The van der Waals surface area contributed by atoms with Crippen molar-refractivity contribution < 1.29 is 4.79 Å². The maximum atomic E-state index is 12.4. The number of nitrogens with one attached hydrogen (secondary N) is 1. The van der Waals surface area contributed by atoms with Gasteiger partial charge in [0.1, 0.15) is 0 Å². The number of hydrazone groups is 1. The van der Waals surface area contributed by atoms with Gasteiger partial charge in [0.15, 0.2) is 0 Å². The van der Waals surface area contributed by atoms with Crippen LogP contribution in [0.1, 0.15) is 51.0 Å². The minimum atomic E-state index is 0.119. The standard InChI is InChI=1S/C18H23BrN2O/c1-12(13-8-10-14(19)11-9-13)20-21-18(22)17-15-6-4-2-3-5-7-16(15)17/h8-11,15-17H,2-7H2,1H3,(H,21,22)/b20-12+. The second kappa shape index (κ2) is 6.95. The third-order valence-electron chi connectivity index (χ3n) is 5.06. The van der Waals surface area contributed by atoms with Crippen LogP contribution in [0.25, 0.3) is 0 Å². The van der Waals surface area contributed by atoms with Gasteiger partial charge in [0, 0.05) is 10.4 Å². The van der Waals surface area contributed by atoms with E-state index >= 15 is 0 Å². The van der Waals surface area contributed by atoms with Gasteiger partial charge in [-0.1, -0.05) is 53.7 Å². The Morgan fingerprint density at radius 3 is 2.27 bits per heavy atom. The molecular formula is C18H23BrN2O. The first-order valence-corrected chi connectivity index (χ1v) is 9.06. The van der Waals surface area contributed by atoms with Crippen molar-refractivity contribution in [2.45, 2.75) is 45.4 Å². The number of benzene rings is 1. The van der Waals surface area contributed by atoms with Crippen LogP contribution in [0.4, 0.5) is 0 Å². The summed E-state index contributed by atoms with van der Waals surface area (Å²) in [6.07, 6.45) is 7.67. The van der Waals surface area contributed by atoms with Gasteiger partial charge < -0.3 is 0 Å². The number of carbonyl (C=O) groups excluding carboxylic acids is 1. The highest BCUT2D eigenvalue weighted by molar-refractivity contribution is 9.10. The molecule has 0 heterocycles. The van der Waals surface area contributed by atoms with Gasteiger partial charge in [0.25, 0.3) is 0 Å². The van der Waals surface area contributed by atoms with Crippen molar-refractivity contribution in [3.63, 3.8) is 0 Å². The molecule has 2 saturated carbocycles. The molecule has 0 bridgehead atoms. The molecule has 2 fully saturated rings. The first kappa shape index (κ1) is 15.7. The molecule has 0 spiro atoms. The lowest BCUT2D eigenvalue weighted by Crippen LogP contribution is -2.22. The molecule has 2 unspecified atom stereocenters. The lowest BCUT2D eigenvalue weighted by atomic mass is 10.0. The number of carbonyl (C=O) groups is 1. The van der Waals surface area contributed by atoms with E-state index in [1.807, 2.05) is 31.2 Å². The summed E-state index contributed by atoms with van der Waals surface area (Å²) < 4.78 is 1.04. The Morgan fingerprint density at radius 1 is 1.09 bits per heavy atom. The van der Waals surface area contributed by atoms with Crippen LogP contribution in [0.5, 0.6) is 0 Å². The molecule has 2 aliphatic carbocycles. The Kier molecular flexibility index (Phi) is 4.97. The van der Waals surface area contributed by atoms with Crippen molar-refractivity contribution in [2.24, 2.45) is 22.9 Å². The smallest absolute Gasteiger partial charge is 0.243 e. The first-order chi connectivity index (χ1) is 10.7. The number of nitrogens with zero attached hydrogens (tertiary/aromatic N) is 1. The molecule has 0 saturated heterocycles. The Morgan fingerprint density at radius 2 is 1.68 bits per heavy atom. The molecule has 2 atom stereocenters. The summed E-state index contributed by atoms with van der Waals surface area (Å²) in [5, 5.41) is 4.29. The van der Waals surface area contributed by atoms with Gasteiger partial charge in [0.2, 0.25) is 5.91 Å². The molecule has 2 aliphatic rings. The van der Waals surface area contributed by atoms with Crippen molar-refractivity contribution in [1.29, 1.82) is 0 Å². The maximum Gasteiger partial charge on any atom is 0.243 e. The van der Waals surface area contributed by atoms with Gasteiger partial charge in [0.05, 0.1) is 5.71 Å². The lowest BCUT2D eigenvalue weighted by molar-refractivity contribution is -0.122. The van der Waals surface area contributed by atoms with Gasteiger partial charge in [-0.3, -0.25) is 4.79 Å². The molecule has 0 aromatic heterocycles. The van der Waals surface area contributed by atoms with E-state index in [4.69, 9.17) is 0 Å². The average Bonchev–Trinajstić information content (AvgIpc) is 3.16. The summed E-state index contributed by atoms with van der Waals surface area (Å²) in [5.41, 5.74) is 4.67. The minimum absolute atomic E-state index is 0.119. The Balaban J connectivity index is 1.58. The van der Waals surface area contributed by atoms with Gasteiger partial charge in [-0.25, -0.2) is 5.43 Å². The highest BCUT2D eigenvalue weighted by atomic mass is 79.9. The fourth-order valence-corrected chi connectivity index (χ4v) is 3.97. The number of amides is 1. The third-order valence-corrected chi connectivity index (χ3v) is 5.58. The molecule has 1 N–H and O–H groups in total. The van der Waals surface area contributed by atoms with Crippen LogP contribution < -0.4 is 5.43 Å². The number of halogens is 1. The summed E-state index contributed by atoms with van der Waals surface area (Å²) in [7, 11) is 0. The molecule has 118 valence electrons. The molecule has 1 aromatic rings. The first-order valence-electron chi connectivity index (χ1n) is 8.27. The zero-order valence-electron chi connectivity index (χ0n) is 13.0. The molecule has 0 radical (unpaired) electrons. The highest BCUT2D eigenvalue weighted by Gasteiger charge is 2.53. The van der Waals surface area contributed by atoms with E-state index in [9.17, 15) is 4.79 Å². The monoisotopic (exact) mass is 362 g/mol. The number of rotatable bonds is 3. The number of hydrogen-bond donors (Lipinski definition) is 1. The zero-order chi connectivity index (χ0) is 15.5. The number of fused-ring (bicyclic) bond motifs is 1. The summed E-state index contributed by atoms with van der Waals surface area (Å²) >= 11 is 3.42. The van der Waals surface area contributed by atoms with Gasteiger partial charge in [-0.2, -0.15) is 5.10 Å². The van der Waals surface area contributed by atoms with Crippen molar-refractivity contribution in [2.75, 3.05) is 0 Å². The fraction of sp³-hybridized carbons (Fsp3) is 0.556. The molecular weight excluding hydrogens is 340 g/mol. The van der Waals surface area contributed by atoms with Crippen LogP contribution in [-0.2, 0) is 4.79 Å². The predicted molar refractivity (Wildman–Crippen MR) is 92.7 cm³/mol. The predicted octanol–water partition coefficient (Wildman–Crippen LogP) is 4.51. The van der Waals surface area contributed by atoms with Crippen LogP contribution in [0, 0.1) is 17.8 Å². The maximum absolute atomic E-state index is 12.4. The fourth-order valence-electron chi connectivity index (χ4n) is 3.70. The van der Waals surface area contributed by atoms with Crippen LogP contribution in [0.3, 0.4) is 0 Å². The van der Waals surface area contributed by atoms with E-state index in [0.29, 0.717) is 11.8 Å². The van der Waals surface area contributed by atoms with E-state index < -0.39 is 0 Å². The van der Waals surface area contributed by atoms with Crippen LogP contribution in [-0.4, -0.2) is 11.6 Å². The zero-order valence-corrected chi connectivity index (χ0v) is 14.6. The van der Waals surface area contributed by atoms with E-state index in [-0.39, 0.29) is 11.8 Å². The molecule has 22 heavy (non-hydrogen) atoms. The van der Waals surface area contributed by atoms with E-state index in [1.54, 1.807) is 0 Å². The summed E-state index contributed by atoms with van der Waals surface area (Å²) in [5.74, 6) is 1.56. The van der Waals surface area contributed by atoms with Crippen molar-refractivity contribution >= 4 is 27.5 Å². The molecule has 1 aromatic carbocycles.